The molecule has 7 heteroatoms. The van der Waals surface area contributed by atoms with E-state index in [0.29, 0.717) is 6.67 Å². The Morgan fingerprint density at radius 1 is 0.900 bits per heavy atom. The van der Waals surface area contributed by atoms with Gasteiger partial charge in [-0.15, -0.1) is 0 Å². The molecule has 1 saturated carbocycles. The first-order chi connectivity index (χ1) is 14.5. The maximum absolute atomic E-state index is 12.7. The molecule has 4 rings (SSSR count). The highest BCUT2D eigenvalue weighted by Gasteiger charge is 2.49. The minimum absolute atomic E-state index is 0.0365. The van der Waals surface area contributed by atoms with Crippen LogP contribution < -0.4 is 19.3 Å². The Balaban J connectivity index is 1.32. The molecule has 3 aliphatic rings. The number of aryl methyl sites for hydroxylation is 1. The molecule has 3 fully saturated rings. The van der Waals surface area contributed by atoms with Gasteiger partial charge < -0.3 is 19.3 Å². The lowest BCUT2D eigenvalue weighted by Gasteiger charge is -2.31. The van der Waals surface area contributed by atoms with Gasteiger partial charge in [-0.3, -0.25) is 9.59 Å². The van der Waals surface area contributed by atoms with Crippen molar-refractivity contribution >= 4 is 11.8 Å². The lowest BCUT2D eigenvalue weighted by molar-refractivity contribution is -1.02. The van der Waals surface area contributed by atoms with E-state index in [1.54, 1.807) is 19.1 Å². The van der Waals surface area contributed by atoms with Gasteiger partial charge in [-0.1, -0.05) is 12.8 Å². The van der Waals surface area contributed by atoms with E-state index in [1.165, 1.54) is 20.9 Å². The minimum atomic E-state index is -0.0365. The third-order valence-corrected chi connectivity index (χ3v) is 7.26. The van der Waals surface area contributed by atoms with E-state index in [1.807, 2.05) is 6.07 Å². The number of carbonyl (C=O) groups excluding carboxylic acids is 2. The zero-order valence-electron chi connectivity index (χ0n) is 18.5. The number of benzene rings is 1. The quantitative estimate of drug-likeness (QED) is 0.609. The molecule has 1 aromatic carbocycles. The summed E-state index contributed by atoms with van der Waals surface area (Å²) in [7, 11) is 3.33. The minimum Gasteiger partial charge on any atom is -0.493 e. The van der Waals surface area contributed by atoms with Crippen LogP contribution in [-0.2, 0) is 16.1 Å². The van der Waals surface area contributed by atoms with Gasteiger partial charge in [-0.05, 0) is 37.5 Å². The van der Waals surface area contributed by atoms with Crippen molar-refractivity contribution in [1.29, 1.82) is 0 Å². The number of ether oxygens (including phenoxy) is 2. The molecule has 0 radical (unpaired) electrons. The van der Waals surface area contributed by atoms with Gasteiger partial charge in [0.15, 0.2) is 18.2 Å². The highest BCUT2D eigenvalue weighted by molar-refractivity contribution is 6.05. The zero-order valence-corrected chi connectivity index (χ0v) is 18.5. The van der Waals surface area contributed by atoms with Crippen LogP contribution >= 0.6 is 0 Å². The Bertz CT molecular complexity index is 780. The van der Waals surface area contributed by atoms with E-state index in [-0.39, 0.29) is 23.7 Å². The first-order valence-electron chi connectivity index (χ1n) is 11.3. The van der Waals surface area contributed by atoms with Gasteiger partial charge in [-0.25, -0.2) is 4.90 Å². The molecule has 0 aromatic heterocycles. The Labute approximate surface area is 178 Å². The van der Waals surface area contributed by atoms with Gasteiger partial charge in [0.25, 0.3) is 0 Å². The summed E-state index contributed by atoms with van der Waals surface area (Å²) in [6, 6.07) is 4.13. The van der Waals surface area contributed by atoms with Crippen molar-refractivity contribution in [2.24, 2.45) is 11.8 Å². The average molecular weight is 418 g/mol. The van der Waals surface area contributed by atoms with Crippen molar-refractivity contribution in [2.45, 2.75) is 39.2 Å². The van der Waals surface area contributed by atoms with Crippen LogP contribution in [0.5, 0.6) is 11.5 Å². The lowest BCUT2D eigenvalue weighted by Crippen LogP contribution is -3.28. The number of imide groups is 1. The Morgan fingerprint density at radius 3 is 2.00 bits per heavy atom. The second-order valence-corrected chi connectivity index (χ2v) is 9.07. The third kappa shape index (κ3) is 4.05. The first kappa shape index (κ1) is 21.1. The van der Waals surface area contributed by atoms with Crippen LogP contribution in [0.25, 0.3) is 0 Å². The van der Waals surface area contributed by atoms with E-state index in [4.69, 9.17) is 9.47 Å². The van der Waals surface area contributed by atoms with Crippen LogP contribution in [0.15, 0.2) is 12.1 Å². The smallest absolute Gasteiger partial charge is 0.237 e. The van der Waals surface area contributed by atoms with Gasteiger partial charge in [0.2, 0.25) is 11.8 Å². The first-order valence-corrected chi connectivity index (χ1v) is 11.3. The number of amides is 2. The van der Waals surface area contributed by atoms with Crippen molar-refractivity contribution in [2.75, 3.05) is 47.1 Å². The van der Waals surface area contributed by atoms with E-state index < -0.39 is 0 Å². The molecular formula is C23H35N3O4+2. The van der Waals surface area contributed by atoms with Crippen molar-refractivity contribution in [3.05, 3.63) is 23.3 Å². The Morgan fingerprint density at radius 2 is 1.43 bits per heavy atom. The Kier molecular flexibility index (Phi) is 6.29. The predicted molar refractivity (Wildman–Crippen MR) is 112 cm³/mol. The predicted octanol–water partition coefficient (Wildman–Crippen LogP) is -0.572. The molecule has 164 valence electrons. The number of carbonyl (C=O) groups is 2. The number of hydrogen-bond donors (Lipinski definition) is 2. The van der Waals surface area contributed by atoms with E-state index in [2.05, 4.69) is 13.0 Å². The van der Waals surface area contributed by atoms with Gasteiger partial charge in [0.05, 0.1) is 26.1 Å². The Hall–Kier alpha value is -2.12. The molecule has 2 atom stereocenters. The molecule has 7 nitrogen and oxygen atoms in total. The molecule has 0 spiro atoms. The van der Waals surface area contributed by atoms with Crippen LogP contribution in [0, 0.1) is 18.8 Å². The van der Waals surface area contributed by atoms with Crippen molar-refractivity contribution in [1.82, 2.24) is 4.90 Å². The van der Waals surface area contributed by atoms with E-state index in [0.717, 1.165) is 69.9 Å². The second kappa shape index (κ2) is 8.94. The van der Waals surface area contributed by atoms with Crippen LogP contribution in [0.4, 0.5) is 0 Å². The van der Waals surface area contributed by atoms with Gasteiger partial charge in [-0.2, -0.15) is 0 Å². The van der Waals surface area contributed by atoms with Crippen LogP contribution in [0.1, 0.15) is 36.8 Å². The fourth-order valence-electron chi connectivity index (χ4n) is 5.38. The topological polar surface area (TPSA) is 64.7 Å². The standard InChI is InChI=1S/C23H33N3O4/c1-16-12-20(29-2)21(30-3)13-17(16)14-24-8-10-25(11-9-24)15-26-22(27)18-6-4-5-7-19(18)23(26)28/h12-13,18-19H,4-11,14-15H2,1-3H3/p+2/t18-,19-/m1/s1. The largest absolute Gasteiger partial charge is 0.493 e. The highest BCUT2D eigenvalue weighted by Crippen LogP contribution is 2.37. The number of rotatable bonds is 6. The summed E-state index contributed by atoms with van der Waals surface area (Å²) < 4.78 is 10.9. The molecule has 30 heavy (non-hydrogen) atoms. The lowest BCUT2D eigenvalue weighted by atomic mass is 9.81. The monoisotopic (exact) mass is 417 g/mol. The van der Waals surface area contributed by atoms with Crippen molar-refractivity contribution in [3.63, 3.8) is 0 Å². The number of quaternary nitrogens is 2. The van der Waals surface area contributed by atoms with Gasteiger partial charge in [0, 0.05) is 5.56 Å². The molecule has 2 saturated heterocycles. The summed E-state index contributed by atoms with van der Waals surface area (Å²) in [5, 5.41) is 0. The molecule has 2 heterocycles. The summed E-state index contributed by atoms with van der Waals surface area (Å²) >= 11 is 0. The second-order valence-electron chi connectivity index (χ2n) is 9.07. The number of nitrogens with zero attached hydrogens (tertiary/aromatic N) is 1. The van der Waals surface area contributed by atoms with Crippen molar-refractivity contribution in [3.8, 4) is 11.5 Å². The fourth-order valence-corrected chi connectivity index (χ4v) is 5.38. The van der Waals surface area contributed by atoms with Crippen molar-refractivity contribution < 1.29 is 28.9 Å². The van der Waals surface area contributed by atoms with Crippen LogP contribution in [0.2, 0.25) is 0 Å². The summed E-state index contributed by atoms with van der Waals surface area (Å²) in [6.45, 7) is 7.64. The summed E-state index contributed by atoms with van der Waals surface area (Å²) in [4.78, 5) is 30.0. The molecular weight excluding hydrogens is 382 g/mol. The summed E-state index contributed by atoms with van der Waals surface area (Å²) in [6.07, 6.45) is 3.95. The number of methoxy groups -OCH3 is 2. The number of piperazine rings is 1. The highest BCUT2D eigenvalue weighted by atomic mass is 16.5. The van der Waals surface area contributed by atoms with Gasteiger partial charge >= 0.3 is 0 Å². The maximum Gasteiger partial charge on any atom is 0.237 e. The molecule has 2 amide bonds. The average Bonchev–Trinajstić information content (AvgIpc) is 3.01. The summed E-state index contributed by atoms with van der Waals surface area (Å²) in [5.41, 5.74) is 2.49. The van der Waals surface area contributed by atoms with E-state index >= 15 is 0 Å². The number of nitrogens with one attached hydrogen (secondary N) is 2. The van der Waals surface area contributed by atoms with Crippen LogP contribution in [0.3, 0.4) is 0 Å². The number of likely N-dealkylation sites (tertiary alicyclic amines) is 1. The third-order valence-electron chi connectivity index (χ3n) is 7.26. The van der Waals surface area contributed by atoms with Gasteiger partial charge in [0.1, 0.15) is 32.7 Å². The number of fused-ring (bicyclic) bond motifs is 1. The molecule has 0 unspecified atom stereocenters. The maximum atomic E-state index is 12.7. The van der Waals surface area contributed by atoms with Crippen LogP contribution in [-0.4, -0.2) is 63.8 Å². The zero-order chi connectivity index (χ0) is 21.3. The molecule has 2 aliphatic heterocycles. The molecule has 1 aliphatic carbocycles. The molecule has 0 bridgehead atoms. The van der Waals surface area contributed by atoms with E-state index in [9.17, 15) is 9.59 Å². The molecule has 1 aromatic rings. The summed E-state index contributed by atoms with van der Waals surface area (Å²) in [5.74, 6) is 1.65. The number of hydrogen-bond acceptors (Lipinski definition) is 4. The normalized spacial score (nSPS) is 29.1. The molecule has 2 N–H and O–H groups in total. The SMILES string of the molecule is COc1cc(C)c(C[NH+]2CC[NH+](CN3C(=O)[C@@H]4CCCC[C@H]4C3=O)CC2)cc1OC. The fraction of sp³-hybridized carbons (Fsp3) is 0.652.